The van der Waals surface area contributed by atoms with Gasteiger partial charge in [-0.1, -0.05) is 46.4 Å². The number of halogens is 4. The molecule has 0 aliphatic heterocycles. The van der Waals surface area contributed by atoms with Gasteiger partial charge in [-0.05, 0) is 47.5 Å². The number of hydrogen-bond acceptors (Lipinski definition) is 1. The summed E-state index contributed by atoms with van der Waals surface area (Å²) in [6.45, 7) is 0. The molecule has 0 unspecified atom stereocenters. The van der Waals surface area contributed by atoms with Crippen LogP contribution >= 0.6 is 46.4 Å². The molecule has 0 aromatic heterocycles. The summed E-state index contributed by atoms with van der Waals surface area (Å²) in [6, 6.07) is 8.31. The highest BCUT2D eigenvalue weighted by atomic mass is 35.5. The Balaban J connectivity index is 2.57. The topological polar surface area (TPSA) is 37.3 Å². The van der Waals surface area contributed by atoms with Crippen molar-refractivity contribution in [3.05, 3.63) is 62.1 Å². The van der Waals surface area contributed by atoms with Gasteiger partial charge in [0.05, 0.1) is 10.0 Å². The van der Waals surface area contributed by atoms with Crippen LogP contribution < -0.4 is 0 Å². The molecule has 108 valence electrons. The Morgan fingerprint density at radius 2 is 1.62 bits per heavy atom. The van der Waals surface area contributed by atoms with Crippen molar-refractivity contribution in [3.8, 4) is 11.1 Å². The fourth-order valence-electron chi connectivity index (χ4n) is 1.80. The molecule has 0 radical (unpaired) electrons. The molecular formula is C15H8Cl4O2. The normalized spacial score (nSPS) is 11.0. The molecule has 6 heteroatoms. The Hall–Kier alpha value is -1.19. The van der Waals surface area contributed by atoms with Crippen molar-refractivity contribution in [2.75, 3.05) is 0 Å². The van der Waals surface area contributed by atoms with Crippen molar-refractivity contribution >= 4 is 58.4 Å². The molecule has 2 rings (SSSR count). The number of carbonyl (C=O) groups is 1. The standard InChI is InChI=1S/C15H8Cl4O2/c16-10-4-8(1-2-14(20)21)3-9(5-10)12-6-11(17)7-13(18)15(12)19/h1-7H,(H,20,21)/b2-1+. The predicted molar refractivity (Wildman–Crippen MR) is 88.6 cm³/mol. The zero-order valence-electron chi connectivity index (χ0n) is 10.4. The molecule has 21 heavy (non-hydrogen) atoms. The van der Waals surface area contributed by atoms with E-state index in [1.807, 2.05) is 0 Å². The summed E-state index contributed by atoms with van der Waals surface area (Å²) < 4.78 is 0. The molecule has 0 saturated carbocycles. The van der Waals surface area contributed by atoms with Crippen molar-refractivity contribution in [2.45, 2.75) is 0 Å². The van der Waals surface area contributed by atoms with Crippen LogP contribution in [-0.2, 0) is 4.79 Å². The van der Waals surface area contributed by atoms with Crippen LogP contribution in [0.3, 0.4) is 0 Å². The van der Waals surface area contributed by atoms with Crippen molar-refractivity contribution in [1.29, 1.82) is 0 Å². The lowest BCUT2D eigenvalue weighted by Crippen LogP contribution is -1.87. The minimum Gasteiger partial charge on any atom is -0.478 e. The highest BCUT2D eigenvalue weighted by Crippen LogP contribution is 2.37. The number of aliphatic carboxylic acids is 1. The molecule has 2 aromatic rings. The Labute approximate surface area is 141 Å². The zero-order valence-corrected chi connectivity index (χ0v) is 13.4. The maximum Gasteiger partial charge on any atom is 0.328 e. The molecule has 0 spiro atoms. The number of carboxylic acids is 1. The fraction of sp³-hybridized carbons (Fsp3) is 0. The van der Waals surface area contributed by atoms with E-state index in [1.165, 1.54) is 6.08 Å². The largest absolute Gasteiger partial charge is 0.478 e. The van der Waals surface area contributed by atoms with Gasteiger partial charge in [-0.3, -0.25) is 0 Å². The van der Waals surface area contributed by atoms with E-state index in [0.717, 1.165) is 6.08 Å². The second kappa shape index (κ2) is 6.71. The van der Waals surface area contributed by atoms with Gasteiger partial charge in [0.15, 0.2) is 0 Å². The first kappa shape index (κ1) is 16.2. The molecule has 0 heterocycles. The number of carboxylic acid groups (broad SMARTS) is 1. The summed E-state index contributed by atoms with van der Waals surface area (Å²) in [6.07, 6.45) is 2.47. The summed E-state index contributed by atoms with van der Waals surface area (Å²) in [5.74, 6) is -1.04. The van der Waals surface area contributed by atoms with E-state index >= 15 is 0 Å². The fourth-order valence-corrected chi connectivity index (χ4v) is 2.75. The van der Waals surface area contributed by atoms with Crippen molar-refractivity contribution in [2.24, 2.45) is 0 Å². The SMILES string of the molecule is O=C(O)/C=C/c1cc(Cl)cc(-c2cc(Cl)cc(Cl)c2Cl)c1. The van der Waals surface area contributed by atoms with Gasteiger partial charge in [0.2, 0.25) is 0 Å². The second-order valence-corrected chi connectivity index (χ2v) is 5.85. The molecule has 0 aliphatic carbocycles. The van der Waals surface area contributed by atoms with Crippen LogP contribution in [0.4, 0.5) is 0 Å². The Morgan fingerprint density at radius 3 is 2.29 bits per heavy atom. The van der Waals surface area contributed by atoms with Crippen LogP contribution in [0.15, 0.2) is 36.4 Å². The Morgan fingerprint density at radius 1 is 0.952 bits per heavy atom. The minimum absolute atomic E-state index is 0.335. The van der Waals surface area contributed by atoms with E-state index in [0.29, 0.717) is 36.8 Å². The molecule has 0 aliphatic rings. The third-order valence-corrected chi connectivity index (χ3v) is 3.88. The zero-order chi connectivity index (χ0) is 15.6. The van der Waals surface area contributed by atoms with Crippen LogP contribution in [-0.4, -0.2) is 11.1 Å². The summed E-state index contributed by atoms with van der Waals surface area (Å²) >= 11 is 24.2. The maximum absolute atomic E-state index is 10.6. The van der Waals surface area contributed by atoms with Crippen molar-refractivity contribution in [3.63, 3.8) is 0 Å². The highest BCUT2D eigenvalue weighted by molar-refractivity contribution is 6.45. The average molecular weight is 362 g/mol. The van der Waals surface area contributed by atoms with E-state index in [9.17, 15) is 4.79 Å². The smallest absolute Gasteiger partial charge is 0.328 e. The highest BCUT2D eigenvalue weighted by Gasteiger charge is 2.10. The van der Waals surface area contributed by atoms with E-state index in [2.05, 4.69) is 0 Å². The van der Waals surface area contributed by atoms with Gasteiger partial charge < -0.3 is 5.11 Å². The summed E-state index contributed by atoms with van der Waals surface area (Å²) in [7, 11) is 0. The van der Waals surface area contributed by atoms with E-state index in [1.54, 1.807) is 30.3 Å². The molecule has 0 fully saturated rings. The molecule has 0 amide bonds. The van der Waals surface area contributed by atoms with Crippen LogP contribution in [0.1, 0.15) is 5.56 Å². The van der Waals surface area contributed by atoms with Gasteiger partial charge in [-0.15, -0.1) is 0 Å². The van der Waals surface area contributed by atoms with E-state index < -0.39 is 5.97 Å². The molecular weight excluding hydrogens is 354 g/mol. The molecule has 0 saturated heterocycles. The molecule has 2 aromatic carbocycles. The van der Waals surface area contributed by atoms with Crippen LogP contribution in [0.25, 0.3) is 17.2 Å². The quantitative estimate of drug-likeness (QED) is 0.532. The van der Waals surface area contributed by atoms with E-state index in [-0.39, 0.29) is 0 Å². The third-order valence-electron chi connectivity index (χ3n) is 2.64. The average Bonchev–Trinajstić information content (AvgIpc) is 2.40. The molecule has 0 atom stereocenters. The maximum atomic E-state index is 10.6. The Bertz CT molecular complexity index is 739. The van der Waals surface area contributed by atoms with Gasteiger partial charge in [0.1, 0.15) is 0 Å². The molecule has 2 nitrogen and oxygen atoms in total. The minimum atomic E-state index is -1.04. The lowest BCUT2D eigenvalue weighted by molar-refractivity contribution is -0.131. The first-order chi connectivity index (χ1) is 9.86. The Kier molecular flexibility index (Phi) is 5.17. The lowest BCUT2D eigenvalue weighted by Gasteiger charge is -2.09. The van der Waals surface area contributed by atoms with Gasteiger partial charge in [-0.2, -0.15) is 0 Å². The predicted octanol–water partition coefficient (Wildman–Crippen LogP) is 6.07. The van der Waals surface area contributed by atoms with Crippen molar-refractivity contribution < 1.29 is 9.90 Å². The van der Waals surface area contributed by atoms with Gasteiger partial charge >= 0.3 is 5.97 Å². The van der Waals surface area contributed by atoms with Crippen LogP contribution in [0.2, 0.25) is 20.1 Å². The summed E-state index contributed by atoms with van der Waals surface area (Å²) in [5, 5.41) is 10.3. The monoisotopic (exact) mass is 360 g/mol. The first-order valence-corrected chi connectivity index (χ1v) is 7.24. The summed E-state index contributed by atoms with van der Waals surface area (Å²) in [5.41, 5.74) is 1.95. The number of benzene rings is 2. The number of hydrogen-bond donors (Lipinski definition) is 1. The second-order valence-electron chi connectivity index (χ2n) is 4.19. The molecule has 0 bridgehead atoms. The van der Waals surface area contributed by atoms with Gasteiger partial charge in [-0.25, -0.2) is 4.79 Å². The number of rotatable bonds is 3. The van der Waals surface area contributed by atoms with E-state index in [4.69, 9.17) is 51.5 Å². The van der Waals surface area contributed by atoms with Gasteiger partial charge in [0.25, 0.3) is 0 Å². The van der Waals surface area contributed by atoms with Crippen LogP contribution in [0, 0.1) is 0 Å². The van der Waals surface area contributed by atoms with Gasteiger partial charge in [0, 0.05) is 21.7 Å². The lowest BCUT2D eigenvalue weighted by atomic mass is 10.0. The third kappa shape index (κ3) is 4.14. The first-order valence-electron chi connectivity index (χ1n) is 5.73. The molecule has 1 N–H and O–H groups in total. The van der Waals surface area contributed by atoms with Crippen molar-refractivity contribution in [1.82, 2.24) is 0 Å². The van der Waals surface area contributed by atoms with Crippen LogP contribution in [0.5, 0.6) is 0 Å². The summed E-state index contributed by atoms with van der Waals surface area (Å²) in [4.78, 5) is 10.6.